The number of hydrogen-bond donors (Lipinski definition) is 0. The summed E-state index contributed by atoms with van der Waals surface area (Å²) in [5.74, 6) is 0.0486. The Bertz CT molecular complexity index is 379. The van der Waals surface area contributed by atoms with Crippen molar-refractivity contribution in [3.8, 4) is 0 Å². The fraction of sp³-hybridized carbons (Fsp3) is 0.500. The maximum absolute atomic E-state index is 11.5. The molecule has 0 fully saturated rings. The van der Waals surface area contributed by atoms with E-state index in [1.807, 2.05) is 0 Å². The van der Waals surface area contributed by atoms with Crippen LogP contribution in [0.15, 0.2) is 10.8 Å². The largest absolute Gasteiger partial charge is 0.228 e. The van der Waals surface area contributed by atoms with Crippen molar-refractivity contribution in [2.75, 3.05) is 0 Å². The van der Waals surface area contributed by atoms with Gasteiger partial charge in [0.05, 0.1) is 16.0 Å². The zero-order chi connectivity index (χ0) is 10.1. The van der Waals surface area contributed by atoms with Gasteiger partial charge >= 0.3 is 0 Å². The molecule has 0 amide bonds. The second-order valence-electron chi connectivity index (χ2n) is 3.10. The minimum atomic E-state index is -3.02. The van der Waals surface area contributed by atoms with Crippen LogP contribution in [0.1, 0.15) is 19.4 Å². The lowest BCUT2D eigenvalue weighted by Gasteiger charge is -2.06. The second kappa shape index (κ2) is 3.98. The summed E-state index contributed by atoms with van der Waals surface area (Å²) in [6.07, 6.45) is 0. The molecule has 13 heavy (non-hydrogen) atoms. The summed E-state index contributed by atoms with van der Waals surface area (Å²) in [4.78, 5) is 0. The maximum Gasteiger partial charge on any atom is 0.156 e. The quantitative estimate of drug-likeness (QED) is 0.812. The Hall–Kier alpha value is -0.0600. The molecule has 0 spiro atoms. The van der Waals surface area contributed by atoms with Crippen molar-refractivity contribution in [2.45, 2.75) is 24.9 Å². The van der Waals surface area contributed by atoms with Gasteiger partial charge in [-0.2, -0.15) is 11.3 Å². The molecule has 0 N–H and O–H groups in total. The van der Waals surface area contributed by atoms with Crippen LogP contribution in [-0.4, -0.2) is 13.7 Å². The SMILES string of the molecule is CC(C)S(=O)(=O)Cc1cscc1Cl. The lowest BCUT2D eigenvalue weighted by molar-refractivity contribution is 0.586. The standard InChI is InChI=1S/C8H11ClO2S2/c1-6(2)13(10,11)5-7-3-12-4-8(7)9/h3-4,6H,5H2,1-2H3. The number of halogens is 1. The van der Waals surface area contributed by atoms with E-state index in [2.05, 4.69) is 0 Å². The van der Waals surface area contributed by atoms with E-state index >= 15 is 0 Å². The molecule has 1 aromatic heterocycles. The van der Waals surface area contributed by atoms with Crippen molar-refractivity contribution in [1.29, 1.82) is 0 Å². The Morgan fingerprint density at radius 3 is 2.46 bits per heavy atom. The van der Waals surface area contributed by atoms with Crippen molar-refractivity contribution < 1.29 is 8.42 Å². The molecule has 0 bridgehead atoms. The fourth-order valence-corrected chi connectivity index (χ4v) is 3.04. The van der Waals surface area contributed by atoms with Crippen molar-refractivity contribution in [2.24, 2.45) is 0 Å². The van der Waals surface area contributed by atoms with Crippen molar-refractivity contribution in [3.63, 3.8) is 0 Å². The fourth-order valence-electron chi connectivity index (χ4n) is 0.794. The van der Waals surface area contributed by atoms with Crippen LogP contribution in [-0.2, 0) is 15.6 Å². The molecule has 1 rings (SSSR count). The molecular formula is C8H11ClO2S2. The summed E-state index contributed by atoms with van der Waals surface area (Å²) in [7, 11) is -3.02. The first-order chi connectivity index (χ1) is 5.93. The lowest BCUT2D eigenvalue weighted by Crippen LogP contribution is -2.15. The van der Waals surface area contributed by atoms with Crippen molar-refractivity contribution >= 4 is 32.8 Å². The van der Waals surface area contributed by atoms with Gasteiger partial charge in [-0.1, -0.05) is 11.6 Å². The van der Waals surface area contributed by atoms with Crippen LogP contribution in [0.4, 0.5) is 0 Å². The Balaban J connectivity index is 2.88. The molecule has 0 saturated heterocycles. The van der Waals surface area contributed by atoms with Gasteiger partial charge in [-0.25, -0.2) is 8.42 Å². The minimum Gasteiger partial charge on any atom is -0.228 e. The summed E-state index contributed by atoms with van der Waals surface area (Å²) in [5, 5.41) is 3.73. The minimum absolute atomic E-state index is 0.0486. The van der Waals surface area contributed by atoms with Gasteiger partial charge in [0.1, 0.15) is 0 Å². The first-order valence-electron chi connectivity index (χ1n) is 3.85. The summed E-state index contributed by atoms with van der Waals surface area (Å²) in [5.41, 5.74) is 0.709. The highest BCUT2D eigenvalue weighted by atomic mass is 35.5. The van der Waals surface area contributed by atoms with Crippen LogP contribution in [0, 0.1) is 0 Å². The third-order valence-electron chi connectivity index (χ3n) is 1.76. The zero-order valence-corrected chi connectivity index (χ0v) is 9.84. The highest BCUT2D eigenvalue weighted by Gasteiger charge is 2.18. The molecule has 0 unspecified atom stereocenters. The van der Waals surface area contributed by atoms with Crippen molar-refractivity contribution in [3.05, 3.63) is 21.3 Å². The molecule has 5 heteroatoms. The number of rotatable bonds is 3. The maximum atomic E-state index is 11.5. The summed E-state index contributed by atoms with van der Waals surface area (Å²) >= 11 is 7.22. The number of hydrogen-bond acceptors (Lipinski definition) is 3. The lowest BCUT2D eigenvalue weighted by atomic mass is 10.4. The molecular weight excluding hydrogens is 228 g/mol. The molecule has 0 saturated carbocycles. The molecule has 0 aromatic carbocycles. The van der Waals surface area contributed by atoms with Gasteiger partial charge in [0.25, 0.3) is 0 Å². The first-order valence-corrected chi connectivity index (χ1v) is 6.89. The van der Waals surface area contributed by atoms with E-state index in [1.54, 1.807) is 24.6 Å². The van der Waals surface area contributed by atoms with Gasteiger partial charge in [-0.05, 0) is 24.8 Å². The smallest absolute Gasteiger partial charge is 0.156 e. The van der Waals surface area contributed by atoms with Gasteiger partial charge < -0.3 is 0 Å². The molecule has 2 nitrogen and oxygen atoms in total. The van der Waals surface area contributed by atoms with Gasteiger partial charge in [-0.15, -0.1) is 0 Å². The molecule has 0 aliphatic heterocycles. The third kappa shape index (κ3) is 2.69. The number of sulfone groups is 1. The first kappa shape index (κ1) is 11.0. The highest BCUT2D eigenvalue weighted by Crippen LogP contribution is 2.23. The molecule has 0 aliphatic rings. The predicted molar refractivity (Wildman–Crippen MR) is 57.1 cm³/mol. The van der Waals surface area contributed by atoms with E-state index < -0.39 is 9.84 Å². The van der Waals surface area contributed by atoms with E-state index in [1.165, 1.54) is 11.3 Å². The van der Waals surface area contributed by atoms with Crippen LogP contribution >= 0.6 is 22.9 Å². The van der Waals surface area contributed by atoms with Crippen LogP contribution in [0.25, 0.3) is 0 Å². The Morgan fingerprint density at radius 2 is 2.08 bits per heavy atom. The van der Waals surface area contributed by atoms with E-state index in [-0.39, 0.29) is 11.0 Å². The average molecular weight is 239 g/mol. The molecule has 1 aromatic rings. The molecule has 1 heterocycles. The predicted octanol–water partition coefficient (Wildman–Crippen LogP) is 2.72. The van der Waals surface area contributed by atoms with E-state index in [0.717, 1.165) is 0 Å². The summed E-state index contributed by atoms with van der Waals surface area (Å²) < 4.78 is 23.0. The van der Waals surface area contributed by atoms with Crippen LogP contribution < -0.4 is 0 Å². The van der Waals surface area contributed by atoms with Gasteiger partial charge in [-0.3, -0.25) is 0 Å². The van der Waals surface area contributed by atoms with E-state index in [9.17, 15) is 8.42 Å². The zero-order valence-electron chi connectivity index (χ0n) is 7.45. The number of thiophene rings is 1. The molecule has 0 radical (unpaired) electrons. The Morgan fingerprint density at radius 1 is 1.46 bits per heavy atom. The molecule has 74 valence electrons. The summed E-state index contributed by atoms with van der Waals surface area (Å²) in [6.45, 7) is 3.35. The molecule has 0 atom stereocenters. The molecule has 0 aliphatic carbocycles. The van der Waals surface area contributed by atoms with Crippen LogP contribution in [0.5, 0.6) is 0 Å². The van der Waals surface area contributed by atoms with E-state index in [4.69, 9.17) is 11.6 Å². The third-order valence-corrected chi connectivity index (χ3v) is 5.19. The van der Waals surface area contributed by atoms with Crippen LogP contribution in [0.2, 0.25) is 5.02 Å². The topological polar surface area (TPSA) is 34.1 Å². The normalized spacial score (nSPS) is 12.3. The Kier molecular flexibility index (Phi) is 3.38. The van der Waals surface area contributed by atoms with Gasteiger partial charge in [0.2, 0.25) is 0 Å². The monoisotopic (exact) mass is 238 g/mol. The van der Waals surface area contributed by atoms with Gasteiger partial charge in [0, 0.05) is 5.38 Å². The van der Waals surface area contributed by atoms with Gasteiger partial charge in [0.15, 0.2) is 9.84 Å². The van der Waals surface area contributed by atoms with Crippen LogP contribution in [0.3, 0.4) is 0 Å². The van der Waals surface area contributed by atoms with E-state index in [0.29, 0.717) is 10.6 Å². The second-order valence-corrected chi connectivity index (χ2v) is 6.81. The highest BCUT2D eigenvalue weighted by molar-refractivity contribution is 7.91. The average Bonchev–Trinajstić information content (AvgIpc) is 2.35. The Labute approximate surface area is 87.5 Å². The van der Waals surface area contributed by atoms with Crippen molar-refractivity contribution in [1.82, 2.24) is 0 Å². The summed E-state index contributed by atoms with van der Waals surface area (Å²) in [6, 6.07) is 0.